The lowest BCUT2D eigenvalue weighted by Crippen LogP contribution is -2.60. The van der Waals surface area contributed by atoms with Crippen molar-refractivity contribution >= 4 is 58.0 Å². The molecule has 3 aromatic carbocycles. The van der Waals surface area contributed by atoms with E-state index in [1.807, 2.05) is 46.3 Å². The van der Waals surface area contributed by atoms with Crippen LogP contribution < -0.4 is 26.6 Å². The number of piperazine rings is 1. The van der Waals surface area contributed by atoms with Crippen LogP contribution in [0.3, 0.4) is 0 Å². The number of carbonyl (C=O) groups is 5. The third-order valence-corrected chi connectivity index (χ3v) is 19.8. The highest BCUT2D eigenvalue weighted by Crippen LogP contribution is 2.33. The number of nitrogens with one attached hydrogen (secondary N) is 4. The minimum atomic E-state index is -1.04. The number of nitrogens with two attached hydrogens (primary N) is 1. The Morgan fingerprint density at radius 1 is 0.708 bits per heavy atom. The molecule has 11 rings (SSSR count). The maximum absolute atomic E-state index is 15.7. The molecular formula is C66H85ClF3N13O6. The minimum Gasteiger partial charge on any atom is -0.375 e. The van der Waals surface area contributed by atoms with Gasteiger partial charge in [0.2, 0.25) is 23.6 Å². The number of hydrogen-bond acceptors (Lipinski definition) is 13. The second-order valence-corrected chi connectivity index (χ2v) is 25.8. The molecule has 5 aliphatic heterocycles. The van der Waals surface area contributed by atoms with Crippen molar-refractivity contribution in [3.05, 3.63) is 124 Å². The molecule has 1 saturated carbocycles. The van der Waals surface area contributed by atoms with Crippen LogP contribution >= 0.6 is 11.6 Å². The number of H-pyrrole nitrogens is 1. The summed E-state index contributed by atoms with van der Waals surface area (Å²) < 4.78 is 49.9. The Morgan fingerprint density at radius 2 is 1.44 bits per heavy atom. The molecule has 0 spiro atoms. The fraction of sp³-hybridized carbons (Fsp3) is 0.561. The molecule has 3 atom stereocenters. The topological polar surface area (TPSA) is 218 Å². The first-order valence-electron chi connectivity index (χ1n) is 32.2. The molecular weight excluding hydrogens is 1160 g/mol. The summed E-state index contributed by atoms with van der Waals surface area (Å²) in [6, 6.07) is 16.3. The van der Waals surface area contributed by atoms with Gasteiger partial charge in [-0.2, -0.15) is 0 Å². The summed E-state index contributed by atoms with van der Waals surface area (Å²) >= 11 is 6.29. The Bertz CT molecular complexity index is 3250. The summed E-state index contributed by atoms with van der Waals surface area (Å²) in [7, 11) is 0. The van der Waals surface area contributed by atoms with Gasteiger partial charge in [0.05, 0.1) is 47.8 Å². The summed E-state index contributed by atoms with van der Waals surface area (Å²) in [6.45, 7) is 8.37. The van der Waals surface area contributed by atoms with Crippen molar-refractivity contribution in [1.29, 1.82) is 0 Å². The van der Waals surface area contributed by atoms with Crippen LogP contribution in [0, 0.1) is 23.4 Å². The summed E-state index contributed by atoms with van der Waals surface area (Å²) in [5.74, 6) is -2.43. The van der Waals surface area contributed by atoms with Gasteiger partial charge in [0.1, 0.15) is 41.3 Å². The molecule has 1 aliphatic carbocycles. The molecule has 5 saturated heterocycles. The predicted octanol–water partition coefficient (Wildman–Crippen LogP) is 7.06. The van der Waals surface area contributed by atoms with Crippen LogP contribution in [0.15, 0.2) is 79.3 Å². The van der Waals surface area contributed by atoms with Crippen LogP contribution in [0.2, 0.25) is 5.02 Å². The predicted molar refractivity (Wildman–Crippen MR) is 333 cm³/mol. The highest BCUT2D eigenvalue weighted by Gasteiger charge is 2.41. The normalized spacial score (nSPS) is 21.0. The maximum Gasteiger partial charge on any atom is 0.254 e. The van der Waals surface area contributed by atoms with E-state index in [0.29, 0.717) is 102 Å². The second-order valence-electron chi connectivity index (χ2n) is 25.4. The molecule has 6 aliphatic rings. The lowest BCUT2D eigenvalue weighted by Gasteiger charge is -2.40. The molecule has 5 aromatic rings. The average molecular weight is 1250 g/mol. The molecule has 0 bridgehead atoms. The molecule has 6 fully saturated rings. The number of aromatic nitrogens is 3. The number of anilines is 1. The van der Waals surface area contributed by atoms with Crippen molar-refractivity contribution in [3.63, 3.8) is 0 Å². The van der Waals surface area contributed by atoms with E-state index in [1.165, 1.54) is 18.2 Å². The van der Waals surface area contributed by atoms with Crippen LogP contribution in [0.25, 0.3) is 11.0 Å². The summed E-state index contributed by atoms with van der Waals surface area (Å²) in [5.41, 5.74) is 8.43. The van der Waals surface area contributed by atoms with Gasteiger partial charge >= 0.3 is 0 Å². The van der Waals surface area contributed by atoms with Gasteiger partial charge in [-0.15, -0.1) is 0 Å². The molecule has 19 nitrogen and oxygen atoms in total. The van der Waals surface area contributed by atoms with Gasteiger partial charge < -0.3 is 51.0 Å². The zero-order chi connectivity index (χ0) is 62.0. The van der Waals surface area contributed by atoms with Gasteiger partial charge in [0, 0.05) is 120 Å². The minimum absolute atomic E-state index is 0.0203. The Morgan fingerprint density at radius 3 is 2.17 bits per heavy atom. The van der Waals surface area contributed by atoms with Crippen molar-refractivity contribution in [2.75, 3.05) is 103 Å². The van der Waals surface area contributed by atoms with Crippen molar-refractivity contribution in [1.82, 2.24) is 55.4 Å². The molecule has 5 amide bonds. The monoisotopic (exact) mass is 1250 g/mol. The quantitative estimate of drug-likeness (QED) is 0.0528. The first-order chi connectivity index (χ1) is 43.1. The smallest absolute Gasteiger partial charge is 0.254 e. The Balaban J connectivity index is 0.599. The molecule has 0 radical (unpaired) electrons. The third kappa shape index (κ3) is 16.1. The molecule has 478 valence electrons. The van der Waals surface area contributed by atoms with Gasteiger partial charge in [-0.25, -0.2) is 23.1 Å². The lowest BCUT2D eigenvalue weighted by atomic mass is 9.83. The van der Waals surface area contributed by atoms with Crippen LogP contribution in [-0.2, 0) is 30.5 Å². The molecule has 2 aromatic heterocycles. The van der Waals surface area contributed by atoms with Crippen molar-refractivity contribution in [2.24, 2.45) is 11.7 Å². The summed E-state index contributed by atoms with van der Waals surface area (Å²) in [4.78, 5) is 93.9. The van der Waals surface area contributed by atoms with Crippen LogP contribution in [0.1, 0.15) is 129 Å². The number of halogens is 4. The van der Waals surface area contributed by atoms with Crippen LogP contribution in [-0.4, -0.2) is 191 Å². The molecule has 23 heteroatoms. The molecule has 6 N–H and O–H groups in total. The van der Waals surface area contributed by atoms with Gasteiger partial charge in [-0.3, -0.25) is 33.8 Å². The van der Waals surface area contributed by atoms with E-state index < -0.39 is 34.9 Å². The van der Waals surface area contributed by atoms with Crippen molar-refractivity contribution in [2.45, 2.75) is 132 Å². The number of hydrogen-bond donors (Lipinski definition) is 5. The van der Waals surface area contributed by atoms with Gasteiger partial charge in [-0.05, 0) is 124 Å². The fourth-order valence-corrected chi connectivity index (χ4v) is 14.2. The van der Waals surface area contributed by atoms with E-state index in [4.69, 9.17) is 22.1 Å². The van der Waals surface area contributed by atoms with E-state index >= 15 is 4.39 Å². The third-order valence-electron chi connectivity index (χ3n) is 19.6. The molecule has 1 unspecified atom stereocenters. The van der Waals surface area contributed by atoms with Crippen LogP contribution in [0.5, 0.6) is 0 Å². The van der Waals surface area contributed by atoms with E-state index in [-0.39, 0.29) is 77.9 Å². The van der Waals surface area contributed by atoms with E-state index in [1.54, 1.807) is 23.4 Å². The maximum atomic E-state index is 15.7. The van der Waals surface area contributed by atoms with E-state index in [9.17, 15) is 32.8 Å². The average Bonchev–Trinajstić information content (AvgIpc) is 4.15. The SMILES string of the molecule is NC1(C(=O)N[C@@H](CCN2CCN(C(=O)CN3CCC(OC4CCN(C(=O)[C@H](NC(=O)c5cc(C6CCCN(C(=O)CNCc7ccc(F)cc7F)C6)ccc5F)C5CCCCC5)CC4)CC3)CC2)c2ccc(Cl)cc2)CCN(c2ncnc3[nH]ccc23)CC1. The summed E-state index contributed by atoms with van der Waals surface area (Å²) in [6.07, 6.45) is 14.0. The molecule has 89 heavy (non-hydrogen) atoms. The Hall–Kier alpha value is -6.69. The number of nitrogens with zero attached hydrogens (tertiary/aromatic N) is 8. The first kappa shape index (κ1) is 63.9. The van der Waals surface area contributed by atoms with Gasteiger partial charge in [0.15, 0.2) is 0 Å². The van der Waals surface area contributed by atoms with Gasteiger partial charge in [0.25, 0.3) is 5.91 Å². The van der Waals surface area contributed by atoms with Gasteiger partial charge in [-0.1, -0.05) is 55.1 Å². The lowest BCUT2D eigenvalue weighted by molar-refractivity contribution is -0.140. The standard InChI is InChI=1S/C66H85ClF3N13O6/c67-49-12-8-44(9-13-49)57(76-65(88)66(71)22-31-81(32-23-66)62-53-16-24-73-61(53)74-43-75-62)21-28-78-33-35-80(36-34-78)59(85)42-79-26-17-51(18-27-79)89-52-19-29-82(30-20-52)64(87)60(45-5-2-1-3-6-45)77-63(86)54-37-46(11-15-55(54)69)48-7-4-25-83(41-48)58(84)40-72-39-47-10-14-50(68)38-56(47)70/h8-16,24,37-38,43,45,48,51-52,57,60,72H,1-7,17-23,25-36,39-42,71H2,(H,76,88)(H,77,86)(H,73,74,75)/t48?,57-,60+/m0/s1. The summed E-state index contributed by atoms with van der Waals surface area (Å²) in [5, 5.41) is 10.8. The Labute approximate surface area is 523 Å². The number of carbonyl (C=O) groups excluding carboxylic acids is 5. The van der Waals surface area contributed by atoms with Crippen LogP contribution in [0.4, 0.5) is 19.0 Å². The Kier molecular flexibility index (Phi) is 21.2. The number of amides is 5. The second kappa shape index (κ2) is 29.5. The number of aromatic amines is 1. The number of fused-ring (bicyclic) bond motifs is 1. The number of ether oxygens (including phenoxy) is 1. The zero-order valence-corrected chi connectivity index (χ0v) is 51.6. The highest BCUT2D eigenvalue weighted by atomic mass is 35.5. The van der Waals surface area contributed by atoms with E-state index in [2.05, 4.69) is 45.6 Å². The molecule has 7 heterocycles. The number of piperidine rings is 4. The van der Waals surface area contributed by atoms with Crippen molar-refractivity contribution < 1.29 is 41.9 Å². The first-order valence-corrected chi connectivity index (χ1v) is 32.6. The largest absolute Gasteiger partial charge is 0.375 e. The number of rotatable bonds is 20. The van der Waals surface area contributed by atoms with E-state index in [0.717, 1.165) is 118 Å². The number of benzene rings is 3. The fourth-order valence-electron chi connectivity index (χ4n) is 14.1. The zero-order valence-electron chi connectivity index (χ0n) is 50.8. The van der Waals surface area contributed by atoms with Crippen molar-refractivity contribution in [3.8, 4) is 0 Å². The number of likely N-dealkylation sites (tertiary alicyclic amines) is 3. The highest BCUT2D eigenvalue weighted by molar-refractivity contribution is 6.30.